The van der Waals surface area contributed by atoms with E-state index in [0.29, 0.717) is 29.4 Å². The molecule has 120 valence electrons. The van der Waals surface area contributed by atoms with Gasteiger partial charge in [0.2, 0.25) is 5.79 Å². The number of para-hydroxylation sites is 1. The highest BCUT2D eigenvalue weighted by atomic mass is 35.5. The Labute approximate surface area is 137 Å². The summed E-state index contributed by atoms with van der Waals surface area (Å²) in [6.45, 7) is 0.661. The van der Waals surface area contributed by atoms with Crippen molar-refractivity contribution in [2.75, 3.05) is 20.3 Å². The van der Waals surface area contributed by atoms with E-state index in [1.807, 2.05) is 0 Å². The summed E-state index contributed by atoms with van der Waals surface area (Å²) in [6, 6.07) is 11.7. The van der Waals surface area contributed by atoms with Gasteiger partial charge in [-0.05, 0) is 24.3 Å². The second kappa shape index (κ2) is 6.16. The van der Waals surface area contributed by atoms with Crippen LogP contribution in [0.25, 0.3) is 0 Å². The van der Waals surface area contributed by atoms with E-state index in [2.05, 4.69) is 0 Å². The molecule has 0 saturated carbocycles. The van der Waals surface area contributed by atoms with Crippen molar-refractivity contribution >= 4 is 17.3 Å². The molecule has 0 aromatic heterocycles. The van der Waals surface area contributed by atoms with Gasteiger partial charge < -0.3 is 14.2 Å². The number of methoxy groups -OCH3 is 1. The van der Waals surface area contributed by atoms with Gasteiger partial charge in [0.15, 0.2) is 5.75 Å². The fraction of sp³-hybridized carbons (Fsp3) is 0.250. The van der Waals surface area contributed by atoms with Gasteiger partial charge in [0.05, 0.1) is 30.8 Å². The van der Waals surface area contributed by atoms with Crippen molar-refractivity contribution in [3.63, 3.8) is 0 Å². The molecule has 1 heterocycles. The van der Waals surface area contributed by atoms with Crippen LogP contribution in [-0.4, -0.2) is 25.2 Å². The molecule has 7 heteroatoms. The molecule has 1 saturated heterocycles. The molecule has 0 amide bonds. The number of hydrogen-bond acceptors (Lipinski definition) is 5. The first-order chi connectivity index (χ1) is 11.1. The summed E-state index contributed by atoms with van der Waals surface area (Å²) >= 11 is 5.93. The standard InChI is InChI=1S/C16H14ClNO5/c1-21-14-4-2-3-13(15(14)18(19)20)16(22-9-10-23-16)11-5-7-12(17)8-6-11/h2-8H,9-10H2,1H3. The van der Waals surface area contributed by atoms with E-state index in [4.69, 9.17) is 25.8 Å². The molecule has 0 unspecified atom stereocenters. The second-order valence-corrected chi connectivity index (χ2v) is 5.37. The van der Waals surface area contributed by atoms with Gasteiger partial charge in [0, 0.05) is 10.6 Å². The van der Waals surface area contributed by atoms with Crippen LogP contribution in [0.2, 0.25) is 5.02 Å². The van der Waals surface area contributed by atoms with E-state index in [9.17, 15) is 10.1 Å². The summed E-state index contributed by atoms with van der Waals surface area (Å²) in [4.78, 5) is 11.1. The lowest BCUT2D eigenvalue weighted by molar-refractivity contribution is -0.388. The van der Waals surface area contributed by atoms with Crippen molar-refractivity contribution < 1.29 is 19.1 Å². The Hall–Kier alpha value is -2.15. The van der Waals surface area contributed by atoms with Crippen molar-refractivity contribution in [2.45, 2.75) is 5.79 Å². The van der Waals surface area contributed by atoms with Crippen LogP contribution in [0.4, 0.5) is 5.69 Å². The Morgan fingerprint density at radius 3 is 2.39 bits per heavy atom. The van der Waals surface area contributed by atoms with Gasteiger partial charge in [-0.1, -0.05) is 29.8 Å². The first-order valence-electron chi connectivity index (χ1n) is 6.94. The lowest BCUT2D eigenvalue weighted by Gasteiger charge is -2.28. The molecule has 0 aliphatic carbocycles. The molecule has 23 heavy (non-hydrogen) atoms. The average Bonchev–Trinajstić information content (AvgIpc) is 3.05. The van der Waals surface area contributed by atoms with Crippen molar-refractivity contribution in [2.24, 2.45) is 0 Å². The third-order valence-electron chi connectivity index (χ3n) is 3.67. The monoisotopic (exact) mass is 335 g/mol. The molecular formula is C16H14ClNO5. The highest BCUT2D eigenvalue weighted by Crippen LogP contribution is 2.45. The van der Waals surface area contributed by atoms with Gasteiger partial charge >= 0.3 is 5.69 Å². The van der Waals surface area contributed by atoms with E-state index >= 15 is 0 Å². The molecule has 0 bridgehead atoms. The minimum Gasteiger partial charge on any atom is -0.490 e. The van der Waals surface area contributed by atoms with Crippen LogP contribution in [0.5, 0.6) is 5.75 Å². The number of nitrogens with zero attached hydrogens (tertiary/aromatic N) is 1. The summed E-state index contributed by atoms with van der Waals surface area (Å²) in [5.41, 5.74) is 0.754. The fourth-order valence-electron chi connectivity index (χ4n) is 2.70. The number of nitro benzene ring substituents is 1. The minimum absolute atomic E-state index is 0.153. The van der Waals surface area contributed by atoms with Gasteiger partial charge in [-0.25, -0.2) is 0 Å². The van der Waals surface area contributed by atoms with Crippen molar-refractivity contribution in [3.05, 3.63) is 68.7 Å². The molecule has 2 aromatic rings. The van der Waals surface area contributed by atoms with Crippen LogP contribution in [-0.2, 0) is 15.3 Å². The summed E-state index contributed by atoms with van der Waals surface area (Å²) in [5, 5.41) is 12.1. The second-order valence-electron chi connectivity index (χ2n) is 4.93. The number of benzene rings is 2. The zero-order valence-corrected chi connectivity index (χ0v) is 13.1. The van der Waals surface area contributed by atoms with E-state index in [0.717, 1.165) is 0 Å². The summed E-state index contributed by atoms with van der Waals surface area (Å²) in [5.74, 6) is -1.19. The molecule has 0 N–H and O–H groups in total. The maximum absolute atomic E-state index is 11.6. The first kappa shape index (κ1) is 15.7. The minimum atomic E-state index is -1.35. The van der Waals surface area contributed by atoms with Crippen molar-refractivity contribution in [1.29, 1.82) is 0 Å². The van der Waals surface area contributed by atoms with E-state index in [1.165, 1.54) is 13.2 Å². The van der Waals surface area contributed by atoms with E-state index in [1.54, 1.807) is 36.4 Å². The summed E-state index contributed by atoms with van der Waals surface area (Å²) in [6.07, 6.45) is 0. The maximum Gasteiger partial charge on any atom is 0.319 e. The van der Waals surface area contributed by atoms with Crippen molar-refractivity contribution in [3.8, 4) is 5.75 Å². The Balaban J connectivity index is 2.24. The van der Waals surface area contributed by atoms with Gasteiger partial charge in [-0.2, -0.15) is 0 Å². The largest absolute Gasteiger partial charge is 0.490 e. The molecule has 1 aliphatic rings. The smallest absolute Gasteiger partial charge is 0.319 e. The lowest BCUT2D eigenvalue weighted by Crippen LogP contribution is -2.29. The third kappa shape index (κ3) is 2.65. The Morgan fingerprint density at radius 2 is 1.83 bits per heavy atom. The topological polar surface area (TPSA) is 70.8 Å². The number of hydrogen-bond donors (Lipinski definition) is 0. The van der Waals surface area contributed by atoms with Gasteiger partial charge in [0.1, 0.15) is 0 Å². The average molecular weight is 336 g/mol. The van der Waals surface area contributed by atoms with E-state index in [-0.39, 0.29) is 11.4 Å². The molecule has 3 rings (SSSR count). The number of ether oxygens (including phenoxy) is 3. The molecule has 1 aliphatic heterocycles. The van der Waals surface area contributed by atoms with Gasteiger partial charge in [-0.15, -0.1) is 0 Å². The zero-order valence-electron chi connectivity index (χ0n) is 12.3. The molecule has 0 atom stereocenters. The Bertz CT molecular complexity index is 726. The Kier molecular flexibility index (Phi) is 4.21. The SMILES string of the molecule is COc1cccc(C2(c3ccc(Cl)cc3)OCCO2)c1[N+](=O)[O-]. The maximum atomic E-state index is 11.6. The number of halogens is 1. The Morgan fingerprint density at radius 1 is 1.17 bits per heavy atom. The highest BCUT2D eigenvalue weighted by molar-refractivity contribution is 6.30. The highest BCUT2D eigenvalue weighted by Gasteiger charge is 2.46. The van der Waals surface area contributed by atoms with Crippen LogP contribution < -0.4 is 4.74 Å². The quantitative estimate of drug-likeness (QED) is 0.631. The summed E-state index contributed by atoms with van der Waals surface area (Å²) in [7, 11) is 1.39. The zero-order chi connectivity index (χ0) is 16.4. The molecule has 0 spiro atoms. The summed E-state index contributed by atoms with van der Waals surface area (Å²) < 4.78 is 16.8. The molecule has 6 nitrogen and oxygen atoms in total. The van der Waals surface area contributed by atoms with Crippen LogP contribution in [0.15, 0.2) is 42.5 Å². The number of nitro groups is 1. The molecule has 2 aromatic carbocycles. The fourth-order valence-corrected chi connectivity index (χ4v) is 2.83. The molecule has 1 fully saturated rings. The molecule has 0 radical (unpaired) electrons. The number of rotatable bonds is 4. The lowest BCUT2D eigenvalue weighted by atomic mass is 9.95. The van der Waals surface area contributed by atoms with Crippen LogP contribution in [0.3, 0.4) is 0 Å². The van der Waals surface area contributed by atoms with Gasteiger partial charge in [-0.3, -0.25) is 10.1 Å². The third-order valence-corrected chi connectivity index (χ3v) is 3.93. The van der Waals surface area contributed by atoms with Gasteiger partial charge in [0.25, 0.3) is 0 Å². The van der Waals surface area contributed by atoms with Crippen LogP contribution >= 0.6 is 11.6 Å². The van der Waals surface area contributed by atoms with Crippen LogP contribution in [0.1, 0.15) is 11.1 Å². The predicted molar refractivity (Wildman–Crippen MR) is 83.8 cm³/mol. The van der Waals surface area contributed by atoms with Crippen LogP contribution in [0, 0.1) is 10.1 Å². The normalized spacial score (nSPS) is 16.3. The molecular weight excluding hydrogens is 322 g/mol. The first-order valence-corrected chi connectivity index (χ1v) is 7.32. The predicted octanol–water partition coefficient (Wildman–Crippen LogP) is 3.50. The van der Waals surface area contributed by atoms with E-state index < -0.39 is 10.7 Å². The van der Waals surface area contributed by atoms with Crippen molar-refractivity contribution in [1.82, 2.24) is 0 Å².